The zero-order valence-electron chi connectivity index (χ0n) is 10.0. The normalized spacial score (nSPS) is 17.5. The zero-order valence-corrected chi connectivity index (χ0v) is 10.8. The lowest BCUT2D eigenvalue weighted by molar-refractivity contribution is 0.424. The number of hydrogen-bond donors (Lipinski definition) is 0. The number of aliphatic imine (C=N–C) groups is 1. The Morgan fingerprint density at radius 1 is 1.28 bits per heavy atom. The number of nitrogens with zero attached hydrogens (tertiary/aromatic N) is 1. The fourth-order valence-corrected chi connectivity index (χ4v) is 3.01. The SMILES string of the molecule is CSc1cc(F)c(C2(N=C=O)CCCC2)cc1F. The summed E-state index contributed by atoms with van der Waals surface area (Å²) in [6.07, 6.45) is 6.04. The monoisotopic (exact) mass is 269 g/mol. The Balaban J connectivity index is 2.55. The number of halogens is 2. The van der Waals surface area contributed by atoms with Crippen LogP contribution in [0.3, 0.4) is 0 Å². The largest absolute Gasteiger partial charge is 0.235 e. The molecule has 1 aromatic carbocycles. The second kappa shape index (κ2) is 5.21. The summed E-state index contributed by atoms with van der Waals surface area (Å²) in [4.78, 5) is 14.6. The van der Waals surface area contributed by atoms with Gasteiger partial charge in [0.15, 0.2) is 0 Å². The molecule has 0 amide bonds. The molecule has 0 aliphatic heterocycles. The van der Waals surface area contributed by atoms with Gasteiger partial charge in [-0.3, -0.25) is 0 Å². The van der Waals surface area contributed by atoms with Crippen molar-refractivity contribution in [3.05, 3.63) is 29.3 Å². The molecule has 0 N–H and O–H groups in total. The highest BCUT2D eigenvalue weighted by Gasteiger charge is 2.38. The van der Waals surface area contributed by atoms with Gasteiger partial charge >= 0.3 is 0 Å². The molecule has 96 valence electrons. The van der Waals surface area contributed by atoms with Crippen LogP contribution in [0.2, 0.25) is 0 Å². The van der Waals surface area contributed by atoms with Crippen molar-refractivity contribution in [2.45, 2.75) is 36.1 Å². The van der Waals surface area contributed by atoms with Crippen LogP contribution in [0.5, 0.6) is 0 Å². The van der Waals surface area contributed by atoms with Crippen molar-refractivity contribution in [3.63, 3.8) is 0 Å². The van der Waals surface area contributed by atoms with Crippen molar-refractivity contribution < 1.29 is 13.6 Å². The van der Waals surface area contributed by atoms with Gasteiger partial charge in [-0.05, 0) is 31.2 Å². The van der Waals surface area contributed by atoms with E-state index in [-0.39, 0.29) is 10.5 Å². The van der Waals surface area contributed by atoms with Gasteiger partial charge in [0, 0.05) is 10.5 Å². The molecule has 1 aliphatic rings. The van der Waals surface area contributed by atoms with Crippen LogP contribution in [0, 0.1) is 11.6 Å². The standard InChI is InChI=1S/C13H13F2NOS/c1-18-12-7-10(14)9(6-11(12)15)13(16-8-17)4-2-3-5-13/h6-7H,2-5H2,1H3. The van der Waals surface area contributed by atoms with Crippen molar-refractivity contribution >= 4 is 17.8 Å². The van der Waals surface area contributed by atoms with Gasteiger partial charge in [0.1, 0.15) is 17.2 Å². The Hall–Kier alpha value is -1.19. The maximum Gasteiger partial charge on any atom is 0.235 e. The molecular weight excluding hydrogens is 256 g/mol. The summed E-state index contributed by atoms with van der Waals surface area (Å²) in [5.41, 5.74) is -0.734. The molecule has 18 heavy (non-hydrogen) atoms. The second-order valence-electron chi connectivity index (χ2n) is 4.41. The fraction of sp³-hybridized carbons (Fsp3) is 0.462. The number of isocyanates is 1. The highest BCUT2D eigenvalue weighted by Crippen LogP contribution is 2.44. The summed E-state index contributed by atoms with van der Waals surface area (Å²) < 4.78 is 27.8. The summed E-state index contributed by atoms with van der Waals surface area (Å²) in [6, 6.07) is 2.35. The van der Waals surface area contributed by atoms with E-state index in [1.54, 1.807) is 6.26 Å². The van der Waals surface area contributed by atoms with Crippen LogP contribution in [-0.2, 0) is 10.3 Å². The molecule has 1 saturated carbocycles. The summed E-state index contributed by atoms with van der Waals surface area (Å²) in [5.74, 6) is -0.965. The molecule has 0 spiro atoms. The van der Waals surface area contributed by atoms with E-state index < -0.39 is 17.2 Å². The minimum atomic E-state index is -0.913. The van der Waals surface area contributed by atoms with Gasteiger partial charge in [-0.2, -0.15) is 4.99 Å². The first-order valence-corrected chi connectivity index (χ1v) is 6.98. The van der Waals surface area contributed by atoms with Crippen molar-refractivity contribution in [2.75, 3.05) is 6.26 Å². The Labute approximate surface area is 108 Å². The van der Waals surface area contributed by atoms with Crippen molar-refractivity contribution in [2.24, 2.45) is 4.99 Å². The predicted molar refractivity (Wildman–Crippen MR) is 66.4 cm³/mol. The van der Waals surface area contributed by atoms with E-state index >= 15 is 0 Å². The molecule has 0 heterocycles. The first kappa shape index (κ1) is 13.2. The Morgan fingerprint density at radius 2 is 1.94 bits per heavy atom. The fourth-order valence-electron chi connectivity index (χ4n) is 2.53. The van der Waals surface area contributed by atoms with Crippen LogP contribution in [-0.4, -0.2) is 12.3 Å². The van der Waals surface area contributed by atoms with E-state index in [0.29, 0.717) is 12.8 Å². The molecule has 0 unspecified atom stereocenters. The van der Waals surface area contributed by atoms with Gasteiger partial charge in [-0.1, -0.05) is 12.8 Å². The van der Waals surface area contributed by atoms with Crippen molar-refractivity contribution in [3.8, 4) is 0 Å². The van der Waals surface area contributed by atoms with E-state index in [1.807, 2.05) is 0 Å². The molecule has 0 radical (unpaired) electrons. The first-order valence-electron chi connectivity index (χ1n) is 5.75. The lowest BCUT2D eigenvalue weighted by Gasteiger charge is -2.23. The molecule has 2 rings (SSSR count). The minimum absolute atomic E-state index is 0.179. The van der Waals surface area contributed by atoms with Crippen LogP contribution >= 0.6 is 11.8 Å². The number of rotatable bonds is 3. The molecule has 0 bridgehead atoms. The van der Waals surface area contributed by atoms with Crippen LogP contribution in [0.4, 0.5) is 8.78 Å². The third kappa shape index (κ3) is 2.20. The van der Waals surface area contributed by atoms with Gasteiger partial charge in [-0.25, -0.2) is 13.6 Å². The Kier molecular flexibility index (Phi) is 3.83. The van der Waals surface area contributed by atoms with Gasteiger partial charge in [0.2, 0.25) is 6.08 Å². The lowest BCUT2D eigenvalue weighted by Crippen LogP contribution is -2.21. The Bertz CT molecular complexity index is 506. The molecule has 2 nitrogen and oxygen atoms in total. The molecule has 0 atom stereocenters. The number of carbonyl (C=O) groups excluding carboxylic acids is 1. The second-order valence-corrected chi connectivity index (χ2v) is 5.26. The van der Waals surface area contributed by atoms with Gasteiger partial charge in [-0.15, -0.1) is 11.8 Å². The van der Waals surface area contributed by atoms with E-state index in [2.05, 4.69) is 4.99 Å². The minimum Gasteiger partial charge on any atom is -0.211 e. The summed E-state index contributed by atoms with van der Waals surface area (Å²) in [5, 5.41) is 0. The quantitative estimate of drug-likeness (QED) is 0.474. The van der Waals surface area contributed by atoms with Gasteiger partial charge in [0.05, 0.1) is 0 Å². The highest BCUT2D eigenvalue weighted by molar-refractivity contribution is 7.98. The van der Waals surface area contributed by atoms with Gasteiger partial charge in [0.25, 0.3) is 0 Å². The van der Waals surface area contributed by atoms with E-state index in [4.69, 9.17) is 0 Å². The van der Waals surface area contributed by atoms with E-state index in [0.717, 1.165) is 24.6 Å². The zero-order chi connectivity index (χ0) is 13.2. The molecule has 0 saturated heterocycles. The summed E-state index contributed by atoms with van der Waals surface area (Å²) in [6.45, 7) is 0. The predicted octanol–water partition coefficient (Wildman–Crippen LogP) is 3.79. The maximum atomic E-state index is 14.1. The maximum absolute atomic E-state index is 14.1. The van der Waals surface area contributed by atoms with E-state index in [9.17, 15) is 13.6 Å². The van der Waals surface area contributed by atoms with E-state index in [1.165, 1.54) is 18.2 Å². The van der Waals surface area contributed by atoms with Crippen LogP contribution in [0.1, 0.15) is 31.2 Å². The van der Waals surface area contributed by atoms with Crippen molar-refractivity contribution in [1.29, 1.82) is 0 Å². The highest BCUT2D eigenvalue weighted by atomic mass is 32.2. The molecular formula is C13H13F2NOS. The first-order chi connectivity index (χ1) is 8.63. The topological polar surface area (TPSA) is 29.4 Å². The third-order valence-corrected chi connectivity index (χ3v) is 4.19. The molecule has 1 aromatic rings. The number of hydrogen-bond acceptors (Lipinski definition) is 3. The van der Waals surface area contributed by atoms with Crippen molar-refractivity contribution in [1.82, 2.24) is 0 Å². The van der Waals surface area contributed by atoms with Crippen LogP contribution in [0.25, 0.3) is 0 Å². The summed E-state index contributed by atoms with van der Waals surface area (Å²) >= 11 is 1.15. The average molecular weight is 269 g/mol. The van der Waals surface area contributed by atoms with Gasteiger partial charge < -0.3 is 0 Å². The molecule has 5 heteroatoms. The summed E-state index contributed by atoms with van der Waals surface area (Å²) in [7, 11) is 0. The third-order valence-electron chi connectivity index (χ3n) is 3.43. The molecule has 0 aromatic heterocycles. The average Bonchev–Trinajstić information content (AvgIpc) is 2.81. The molecule has 1 aliphatic carbocycles. The molecule has 1 fully saturated rings. The van der Waals surface area contributed by atoms with Crippen LogP contribution in [0.15, 0.2) is 22.0 Å². The van der Waals surface area contributed by atoms with Crippen LogP contribution < -0.4 is 0 Å². The number of benzene rings is 1. The number of thioether (sulfide) groups is 1. The Morgan fingerprint density at radius 3 is 2.50 bits per heavy atom. The smallest absolute Gasteiger partial charge is 0.211 e. The lowest BCUT2D eigenvalue weighted by atomic mass is 9.88.